The second kappa shape index (κ2) is 2.28. The number of halogens is 1. The van der Waals surface area contributed by atoms with Crippen LogP contribution in [0.4, 0.5) is 5.82 Å². The van der Waals surface area contributed by atoms with E-state index in [0.29, 0.717) is 0 Å². The van der Waals surface area contributed by atoms with Gasteiger partial charge in [0, 0.05) is 21.5 Å². The van der Waals surface area contributed by atoms with Crippen LogP contribution in [0.25, 0.3) is 0 Å². The second-order valence-corrected chi connectivity index (χ2v) is 2.08. The SMILES string of the molecule is BrNc1cscn1. The Kier molecular flexibility index (Phi) is 1.64. The molecule has 0 saturated heterocycles. The van der Waals surface area contributed by atoms with E-state index in [2.05, 4.69) is 25.5 Å². The van der Waals surface area contributed by atoms with Crippen LogP contribution in [0.2, 0.25) is 0 Å². The van der Waals surface area contributed by atoms with Crippen LogP contribution in [0.5, 0.6) is 0 Å². The van der Waals surface area contributed by atoms with E-state index in [1.807, 2.05) is 5.38 Å². The highest BCUT2D eigenvalue weighted by Crippen LogP contribution is 2.07. The van der Waals surface area contributed by atoms with Gasteiger partial charge < -0.3 is 4.34 Å². The van der Waals surface area contributed by atoms with E-state index in [4.69, 9.17) is 0 Å². The van der Waals surface area contributed by atoms with Crippen LogP contribution < -0.4 is 4.34 Å². The molecule has 38 valence electrons. The van der Waals surface area contributed by atoms with Gasteiger partial charge in [0.15, 0.2) is 0 Å². The van der Waals surface area contributed by atoms with Crippen LogP contribution in [-0.2, 0) is 0 Å². The Morgan fingerprint density at radius 2 is 2.71 bits per heavy atom. The molecule has 2 nitrogen and oxygen atoms in total. The fourth-order valence-corrected chi connectivity index (χ4v) is 1.11. The first-order valence-corrected chi connectivity index (χ1v) is 3.42. The lowest BCUT2D eigenvalue weighted by Crippen LogP contribution is -1.73. The van der Waals surface area contributed by atoms with Crippen LogP contribution in [0.3, 0.4) is 0 Å². The van der Waals surface area contributed by atoms with E-state index < -0.39 is 0 Å². The molecule has 1 aromatic heterocycles. The van der Waals surface area contributed by atoms with Gasteiger partial charge in [-0.2, -0.15) is 0 Å². The third-order valence-corrected chi connectivity index (χ3v) is 1.52. The molecular weight excluding hydrogens is 176 g/mol. The van der Waals surface area contributed by atoms with Gasteiger partial charge >= 0.3 is 0 Å². The van der Waals surface area contributed by atoms with E-state index in [-0.39, 0.29) is 0 Å². The van der Waals surface area contributed by atoms with Crippen LogP contribution >= 0.6 is 27.5 Å². The van der Waals surface area contributed by atoms with Gasteiger partial charge in [-0.25, -0.2) is 4.98 Å². The summed E-state index contributed by atoms with van der Waals surface area (Å²) in [5.41, 5.74) is 1.77. The monoisotopic (exact) mass is 178 g/mol. The molecule has 0 aliphatic heterocycles. The molecule has 0 radical (unpaired) electrons. The van der Waals surface area contributed by atoms with Crippen molar-refractivity contribution in [3.8, 4) is 0 Å². The minimum atomic E-state index is 0.866. The third kappa shape index (κ3) is 1.14. The summed E-state index contributed by atoms with van der Waals surface area (Å²) in [5, 5.41) is 1.91. The van der Waals surface area contributed by atoms with Crippen molar-refractivity contribution in [2.75, 3.05) is 4.34 Å². The lowest BCUT2D eigenvalue weighted by Gasteiger charge is -1.81. The smallest absolute Gasteiger partial charge is 0.146 e. The molecule has 4 heteroatoms. The van der Waals surface area contributed by atoms with Gasteiger partial charge in [-0.05, 0) is 0 Å². The molecule has 1 aromatic rings. The Morgan fingerprint density at radius 1 is 1.86 bits per heavy atom. The first-order chi connectivity index (χ1) is 3.43. The highest BCUT2D eigenvalue weighted by Gasteiger charge is 1.83. The van der Waals surface area contributed by atoms with Crippen molar-refractivity contribution in [1.29, 1.82) is 0 Å². The maximum atomic E-state index is 3.90. The van der Waals surface area contributed by atoms with Crippen molar-refractivity contribution in [2.24, 2.45) is 0 Å². The zero-order chi connectivity index (χ0) is 5.11. The van der Waals surface area contributed by atoms with Crippen LogP contribution in [0, 0.1) is 0 Å². The van der Waals surface area contributed by atoms with Gasteiger partial charge in [-0.1, -0.05) is 0 Å². The summed E-state index contributed by atoms with van der Waals surface area (Å²) in [5.74, 6) is 0.866. The first-order valence-electron chi connectivity index (χ1n) is 1.68. The fourth-order valence-electron chi connectivity index (χ4n) is 0.259. The van der Waals surface area contributed by atoms with Gasteiger partial charge in [0.25, 0.3) is 0 Å². The zero-order valence-corrected chi connectivity index (χ0v) is 5.79. The standard InChI is InChI=1S/C3H3BrN2S/c4-6-3-1-7-2-5-3/h1-2,6H. The summed E-state index contributed by atoms with van der Waals surface area (Å²) in [6.45, 7) is 0. The van der Waals surface area contributed by atoms with Crippen molar-refractivity contribution < 1.29 is 0 Å². The van der Waals surface area contributed by atoms with Crippen LogP contribution in [-0.4, -0.2) is 4.98 Å². The van der Waals surface area contributed by atoms with Gasteiger partial charge in [-0.15, -0.1) is 11.3 Å². The summed E-state index contributed by atoms with van der Waals surface area (Å²) >= 11 is 4.59. The molecule has 0 unspecified atom stereocenters. The van der Waals surface area contributed by atoms with Gasteiger partial charge in [0.1, 0.15) is 5.82 Å². The molecule has 0 aliphatic rings. The molecule has 0 aromatic carbocycles. The molecule has 0 amide bonds. The highest BCUT2D eigenvalue weighted by atomic mass is 79.9. The first kappa shape index (κ1) is 5.05. The molecule has 0 atom stereocenters. The Morgan fingerprint density at radius 3 is 3.00 bits per heavy atom. The minimum Gasteiger partial charge on any atom is -0.306 e. The lowest BCUT2D eigenvalue weighted by atomic mass is 10.9. The normalized spacial score (nSPS) is 8.71. The Balaban J connectivity index is 2.76. The molecular formula is C3H3BrN2S. The van der Waals surface area contributed by atoms with Crippen molar-refractivity contribution in [3.05, 3.63) is 10.9 Å². The number of rotatable bonds is 1. The topological polar surface area (TPSA) is 24.9 Å². The number of nitrogens with one attached hydrogen (secondary N) is 1. The largest absolute Gasteiger partial charge is 0.306 e. The molecule has 0 fully saturated rings. The van der Waals surface area contributed by atoms with Crippen molar-refractivity contribution in [2.45, 2.75) is 0 Å². The van der Waals surface area contributed by atoms with Gasteiger partial charge in [-0.3, -0.25) is 0 Å². The van der Waals surface area contributed by atoms with E-state index in [1.54, 1.807) is 16.8 Å². The fraction of sp³-hybridized carbons (Fsp3) is 0. The molecule has 0 aliphatic carbocycles. The number of hydrogen-bond acceptors (Lipinski definition) is 3. The van der Waals surface area contributed by atoms with Crippen LogP contribution in [0.15, 0.2) is 10.9 Å². The molecule has 7 heavy (non-hydrogen) atoms. The Hall–Kier alpha value is -0.0900. The quantitative estimate of drug-likeness (QED) is 0.665. The predicted molar refractivity (Wildman–Crippen MR) is 34.7 cm³/mol. The lowest BCUT2D eigenvalue weighted by molar-refractivity contribution is 1.43. The maximum Gasteiger partial charge on any atom is 0.146 e. The minimum absolute atomic E-state index is 0.866. The average Bonchev–Trinajstić information content (AvgIpc) is 2.14. The van der Waals surface area contributed by atoms with E-state index in [1.165, 1.54) is 0 Å². The summed E-state index contributed by atoms with van der Waals surface area (Å²) < 4.78 is 2.72. The zero-order valence-electron chi connectivity index (χ0n) is 3.39. The number of nitrogens with zero attached hydrogens (tertiary/aromatic N) is 1. The Bertz CT molecular complexity index is 127. The molecule has 1 rings (SSSR count). The van der Waals surface area contributed by atoms with E-state index in [9.17, 15) is 0 Å². The van der Waals surface area contributed by atoms with E-state index >= 15 is 0 Å². The second-order valence-electron chi connectivity index (χ2n) is 0.968. The molecule has 0 bridgehead atoms. The highest BCUT2D eigenvalue weighted by molar-refractivity contribution is 9.10. The van der Waals surface area contributed by atoms with Crippen molar-refractivity contribution in [3.63, 3.8) is 0 Å². The summed E-state index contributed by atoms with van der Waals surface area (Å²) in [6, 6.07) is 0. The number of thiazole rings is 1. The molecule has 0 saturated carbocycles. The van der Waals surface area contributed by atoms with Crippen molar-refractivity contribution >= 4 is 33.3 Å². The maximum absolute atomic E-state index is 3.90. The Labute approximate surface area is 53.9 Å². The summed E-state index contributed by atoms with van der Waals surface area (Å²) in [7, 11) is 0. The number of aromatic nitrogens is 1. The number of anilines is 1. The van der Waals surface area contributed by atoms with Crippen molar-refractivity contribution in [1.82, 2.24) is 4.98 Å². The predicted octanol–water partition coefficient (Wildman–Crippen LogP) is 1.86. The average molecular weight is 179 g/mol. The van der Waals surface area contributed by atoms with Gasteiger partial charge in [0.05, 0.1) is 5.51 Å². The van der Waals surface area contributed by atoms with E-state index in [0.717, 1.165) is 5.82 Å². The van der Waals surface area contributed by atoms with Crippen LogP contribution in [0.1, 0.15) is 0 Å². The molecule has 0 spiro atoms. The third-order valence-electron chi connectivity index (χ3n) is 0.529. The molecule has 1 N–H and O–H groups in total. The summed E-state index contributed by atoms with van der Waals surface area (Å²) in [4.78, 5) is 3.90. The van der Waals surface area contributed by atoms with Gasteiger partial charge in [0.2, 0.25) is 0 Å². The molecule has 1 heterocycles. The summed E-state index contributed by atoms with van der Waals surface area (Å²) in [6.07, 6.45) is 0. The number of hydrogen-bond donors (Lipinski definition) is 1.